The van der Waals surface area contributed by atoms with Crippen LogP contribution in [0.25, 0.3) is 0 Å². The van der Waals surface area contributed by atoms with Crippen molar-refractivity contribution in [1.82, 2.24) is 20.2 Å². The Kier molecular flexibility index (Phi) is 4.14. The average Bonchev–Trinajstić information content (AvgIpc) is 2.39. The molecule has 2 heterocycles. The van der Waals surface area contributed by atoms with E-state index in [0.717, 1.165) is 5.56 Å². The summed E-state index contributed by atoms with van der Waals surface area (Å²) in [5.74, 6) is 0.528. The van der Waals surface area contributed by atoms with Crippen LogP contribution in [0.1, 0.15) is 19.4 Å². The maximum Gasteiger partial charge on any atom is 0.342 e. The number of ether oxygens (including phenoxy) is 1. The standard InChI is InChI=1S/C12H15N5O3/c1-7(2)20-11-8(4-3-5-13-11)6-14-9-10(18)15-12(19)17-16-9/h3-5,7H,6H2,1-2H3,(H,14,16)(H2,15,17,18,19). The van der Waals surface area contributed by atoms with E-state index in [1.54, 1.807) is 12.3 Å². The predicted octanol–water partition coefficient (Wildman–Crippen LogP) is 0.252. The predicted molar refractivity (Wildman–Crippen MR) is 72.8 cm³/mol. The van der Waals surface area contributed by atoms with Gasteiger partial charge in [-0.3, -0.25) is 9.78 Å². The number of hydrogen-bond donors (Lipinski definition) is 3. The SMILES string of the molecule is CC(C)Oc1ncccc1CNc1n[nH]c(=O)[nH]c1=O. The quantitative estimate of drug-likeness (QED) is 0.722. The highest BCUT2D eigenvalue weighted by Gasteiger charge is 2.08. The molecule has 0 unspecified atom stereocenters. The van der Waals surface area contributed by atoms with Crippen LogP contribution in [0, 0.1) is 0 Å². The molecule has 0 spiro atoms. The van der Waals surface area contributed by atoms with Gasteiger partial charge < -0.3 is 10.1 Å². The molecule has 0 aliphatic carbocycles. The van der Waals surface area contributed by atoms with Crippen molar-refractivity contribution in [2.24, 2.45) is 0 Å². The van der Waals surface area contributed by atoms with Crippen molar-refractivity contribution in [2.75, 3.05) is 5.32 Å². The van der Waals surface area contributed by atoms with E-state index >= 15 is 0 Å². The molecule has 8 heteroatoms. The van der Waals surface area contributed by atoms with Crippen LogP contribution in [0.3, 0.4) is 0 Å². The van der Waals surface area contributed by atoms with Crippen molar-refractivity contribution in [1.29, 1.82) is 0 Å². The van der Waals surface area contributed by atoms with Crippen LogP contribution in [-0.2, 0) is 6.54 Å². The summed E-state index contributed by atoms with van der Waals surface area (Å²) < 4.78 is 5.57. The smallest absolute Gasteiger partial charge is 0.342 e. The summed E-state index contributed by atoms with van der Waals surface area (Å²) in [6.07, 6.45) is 1.63. The van der Waals surface area contributed by atoms with Crippen LogP contribution in [0.15, 0.2) is 27.9 Å². The van der Waals surface area contributed by atoms with Gasteiger partial charge >= 0.3 is 5.69 Å². The summed E-state index contributed by atoms with van der Waals surface area (Å²) in [5, 5.41) is 8.61. The second kappa shape index (κ2) is 6.00. The molecular formula is C12H15N5O3. The van der Waals surface area contributed by atoms with Crippen LogP contribution in [0.4, 0.5) is 5.82 Å². The highest BCUT2D eigenvalue weighted by Crippen LogP contribution is 2.16. The van der Waals surface area contributed by atoms with Gasteiger partial charge in [0.2, 0.25) is 11.7 Å². The normalized spacial score (nSPS) is 10.6. The summed E-state index contributed by atoms with van der Waals surface area (Å²) in [7, 11) is 0. The number of aromatic amines is 2. The van der Waals surface area contributed by atoms with E-state index < -0.39 is 11.2 Å². The van der Waals surface area contributed by atoms with Crippen molar-refractivity contribution in [3.63, 3.8) is 0 Å². The van der Waals surface area contributed by atoms with Gasteiger partial charge in [0.15, 0.2) is 0 Å². The zero-order valence-corrected chi connectivity index (χ0v) is 11.1. The maximum absolute atomic E-state index is 11.5. The third-order valence-electron chi connectivity index (χ3n) is 2.35. The molecule has 106 valence electrons. The highest BCUT2D eigenvalue weighted by molar-refractivity contribution is 5.34. The Morgan fingerprint density at radius 2 is 2.20 bits per heavy atom. The number of nitrogens with zero attached hydrogens (tertiary/aromatic N) is 2. The van der Waals surface area contributed by atoms with Gasteiger partial charge in [-0.25, -0.2) is 14.9 Å². The van der Waals surface area contributed by atoms with Crippen molar-refractivity contribution >= 4 is 5.82 Å². The largest absolute Gasteiger partial charge is 0.475 e. The minimum absolute atomic E-state index is 0.00161. The number of aromatic nitrogens is 4. The number of hydrogen-bond acceptors (Lipinski definition) is 6. The van der Waals surface area contributed by atoms with Gasteiger partial charge in [0, 0.05) is 18.3 Å². The molecular weight excluding hydrogens is 262 g/mol. The number of H-pyrrole nitrogens is 2. The lowest BCUT2D eigenvalue weighted by molar-refractivity contribution is 0.230. The summed E-state index contributed by atoms with van der Waals surface area (Å²) >= 11 is 0. The molecule has 0 fully saturated rings. The molecule has 0 amide bonds. The van der Waals surface area contributed by atoms with E-state index in [0.29, 0.717) is 12.4 Å². The number of rotatable bonds is 5. The molecule has 0 saturated heterocycles. The molecule has 0 bridgehead atoms. The van der Waals surface area contributed by atoms with Gasteiger partial charge in [-0.05, 0) is 19.9 Å². The van der Waals surface area contributed by atoms with Crippen LogP contribution >= 0.6 is 0 Å². The van der Waals surface area contributed by atoms with Crippen molar-refractivity contribution in [3.8, 4) is 5.88 Å². The first-order chi connectivity index (χ1) is 9.56. The first kappa shape index (κ1) is 13.8. The molecule has 0 aromatic carbocycles. The Labute approximate surface area is 114 Å². The fourth-order valence-corrected chi connectivity index (χ4v) is 1.53. The summed E-state index contributed by atoms with van der Waals surface area (Å²) in [6.45, 7) is 4.11. The zero-order valence-electron chi connectivity index (χ0n) is 11.1. The molecule has 0 radical (unpaired) electrons. The van der Waals surface area contributed by atoms with Crippen LogP contribution in [-0.4, -0.2) is 26.3 Å². The van der Waals surface area contributed by atoms with Gasteiger partial charge in [0.05, 0.1) is 6.10 Å². The summed E-state index contributed by atoms with van der Waals surface area (Å²) in [6, 6.07) is 3.60. The van der Waals surface area contributed by atoms with Crippen LogP contribution in [0.5, 0.6) is 5.88 Å². The fourth-order valence-electron chi connectivity index (χ4n) is 1.53. The van der Waals surface area contributed by atoms with Gasteiger partial charge in [-0.15, -0.1) is 5.10 Å². The van der Waals surface area contributed by atoms with Crippen LogP contribution in [0.2, 0.25) is 0 Å². The first-order valence-corrected chi connectivity index (χ1v) is 6.09. The lowest BCUT2D eigenvalue weighted by Gasteiger charge is -2.13. The Morgan fingerprint density at radius 1 is 1.40 bits per heavy atom. The van der Waals surface area contributed by atoms with E-state index in [2.05, 4.69) is 25.5 Å². The lowest BCUT2D eigenvalue weighted by Crippen LogP contribution is -2.26. The number of pyridine rings is 1. The fraction of sp³-hybridized carbons (Fsp3) is 0.333. The van der Waals surface area contributed by atoms with E-state index in [1.807, 2.05) is 19.9 Å². The van der Waals surface area contributed by atoms with Gasteiger partial charge in [-0.1, -0.05) is 6.07 Å². The Bertz CT molecular complexity index is 692. The Hall–Kier alpha value is -2.64. The maximum atomic E-state index is 11.5. The minimum Gasteiger partial charge on any atom is -0.475 e. The average molecular weight is 277 g/mol. The van der Waals surface area contributed by atoms with Gasteiger partial charge in [0.25, 0.3) is 5.56 Å². The van der Waals surface area contributed by atoms with Crippen molar-refractivity contribution in [3.05, 3.63) is 44.7 Å². The number of anilines is 1. The Morgan fingerprint density at radius 3 is 2.90 bits per heavy atom. The summed E-state index contributed by atoms with van der Waals surface area (Å²) in [5.41, 5.74) is -0.441. The second-order valence-electron chi connectivity index (χ2n) is 4.34. The van der Waals surface area contributed by atoms with Gasteiger partial charge in [0.1, 0.15) is 0 Å². The highest BCUT2D eigenvalue weighted by atomic mass is 16.5. The molecule has 0 aliphatic heterocycles. The molecule has 0 aliphatic rings. The monoisotopic (exact) mass is 277 g/mol. The minimum atomic E-state index is -0.647. The molecule has 0 saturated carbocycles. The topological polar surface area (TPSA) is 113 Å². The zero-order chi connectivity index (χ0) is 14.5. The van der Waals surface area contributed by atoms with Crippen molar-refractivity contribution < 1.29 is 4.74 Å². The Balaban J connectivity index is 2.14. The first-order valence-electron chi connectivity index (χ1n) is 6.09. The molecule has 0 atom stereocenters. The molecule has 2 rings (SSSR count). The van der Waals surface area contributed by atoms with Gasteiger partial charge in [-0.2, -0.15) is 0 Å². The summed E-state index contributed by atoms with van der Waals surface area (Å²) in [4.78, 5) is 28.6. The van der Waals surface area contributed by atoms with E-state index in [4.69, 9.17) is 4.74 Å². The molecule has 20 heavy (non-hydrogen) atoms. The van der Waals surface area contributed by atoms with Crippen molar-refractivity contribution in [2.45, 2.75) is 26.5 Å². The van der Waals surface area contributed by atoms with Crippen LogP contribution < -0.4 is 21.3 Å². The van der Waals surface area contributed by atoms with E-state index in [-0.39, 0.29) is 11.9 Å². The lowest BCUT2D eigenvalue weighted by atomic mass is 10.2. The van der Waals surface area contributed by atoms with E-state index in [1.165, 1.54) is 0 Å². The van der Waals surface area contributed by atoms with E-state index in [9.17, 15) is 9.59 Å². The molecule has 2 aromatic rings. The second-order valence-corrected chi connectivity index (χ2v) is 4.34. The molecule has 3 N–H and O–H groups in total. The molecule has 8 nitrogen and oxygen atoms in total. The molecule has 2 aromatic heterocycles. The number of nitrogens with one attached hydrogen (secondary N) is 3. The third-order valence-corrected chi connectivity index (χ3v) is 2.35. The third kappa shape index (κ3) is 3.44.